The highest BCUT2D eigenvalue weighted by Gasteiger charge is 2.54. The molecule has 2 amide bonds. The Morgan fingerprint density at radius 2 is 1.60 bits per heavy atom. The normalized spacial score (nSPS) is 16.3. The van der Waals surface area contributed by atoms with Gasteiger partial charge in [0, 0.05) is 21.9 Å². The molecule has 2 N–H and O–H groups in total. The number of esters is 1. The summed E-state index contributed by atoms with van der Waals surface area (Å²) in [6, 6.07) is 42.0. The number of anilines is 1. The zero-order chi connectivity index (χ0) is 46.3. The SMILES string of the molecule is COc1ccc(COC(=O)C2=C(Sc3nc4cc(CCl)ccc4s3)CS[C@H]3[C@H](NC(=O)/C=N\OCC(F)c4csc(NC(c5ccccc5)(c5ccccc5)c5ccccc5)n4)C(=O)N23)cc1. The summed E-state index contributed by atoms with van der Waals surface area (Å²) >= 11 is 11.5. The first kappa shape index (κ1) is 45.9. The van der Waals surface area contributed by atoms with Crippen LogP contribution in [0.25, 0.3) is 10.2 Å². The van der Waals surface area contributed by atoms with Gasteiger partial charge in [0.05, 0.1) is 23.0 Å². The number of oxime groups is 1. The number of ether oxygens (including phenoxy) is 2. The van der Waals surface area contributed by atoms with Crippen molar-refractivity contribution in [2.45, 2.75) is 40.0 Å². The molecule has 7 aromatic rings. The van der Waals surface area contributed by atoms with Gasteiger partial charge in [0.2, 0.25) is 0 Å². The molecule has 9 rings (SSSR count). The van der Waals surface area contributed by atoms with E-state index in [1.54, 1.807) is 36.8 Å². The Balaban J connectivity index is 0.845. The molecule has 0 saturated carbocycles. The molecular weight excluding hydrogens is 951 g/mol. The highest BCUT2D eigenvalue weighted by molar-refractivity contribution is 8.07. The summed E-state index contributed by atoms with van der Waals surface area (Å²) in [7, 11) is 1.56. The number of fused-ring (bicyclic) bond motifs is 2. The number of nitrogens with one attached hydrogen (secondary N) is 2. The molecule has 0 aliphatic carbocycles. The minimum atomic E-state index is -1.67. The van der Waals surface area contributed by atoms with E-state index in [1.807, 2.05) is 109 Å². The molecular formula is C49H40ClFN6O6S4. The quantitative estimate of drug-likeness (QED) is 0.0212. The molecule has 340 valence electrons. The van der Waals surface area contributed by atoms with Crippen molar-refractivity contribution in [1.29, 1.82) is 0 Å². The third-order valence-corrected chi connectivity index (χ3v) is 15.7. The van der Waals surface area contributed by atoms with E-state index in [0.717, 1.165) is 44.2 Å². The van der Waals surface area contributed by atoms with Gasteiger partial charge in [-0.2, -0.15) is 0 Å². The number of methoxy groups -OCH3 is 1. The maximum Gasteiger partial charge on any atom is 0.356 e. The predicted molar refractivity (Wildman–Crippen MR) is 263 cm³/mol. The number of nitrogens with zero attached hydrogens (tertiary/aromatic N) is 4. The first-order chi connectivity index (χ1) is 32.7. The van der Waals surface area contributed by atoms with Crippen LogP contribution in [0.4, 0.5) is 9.52 Å². The van der Waals surface area contributed by atoms with Crippen molar-refractivity contribution < 1.29 is 33.1 Å². The lowest BCUT2D eigenvalue weighted by Crippen LogP contribution is -2.70. The van der Waals surface area contributed by atoms with Crippen LogP contribution in [-0.2, 0) is 42.0 Å². The van der Waals surface area contributed by atoms with Crippen LogP contribution in [0, 0.1) is 0 Å². The Morgan fingerprint density at radius 1 is 0.940 bits per heavy atom. The minimum absolute atomic E-state index is 0.0409. The molecule has 3 atom stereocenters. The second kappa shape index (κ2) is 20.7. The molecule has 1 saturated heterocycles. The molecule has 67 heavy (non-hydrogen) atoms. The molecule has 18 heteroatoms. The molecule has 2 aliphatic rings. The average molecular weight is 992 g/mol. The molecule has 1 fully saturated rings. The van der Waals surface area contributed by atoms with E-state index < -0.39 is 47.5 Å². The zero-order valence-electron chi connectivity index (χ0n) is 35.5. The van der Waals surface area contributed by atoms with Crippen LogP contribution in [0.1, 0.15) is 39.7 Å². The molecule has 0 bridgehead atoms. The topological polar surface area (TPSA) is 144 Å². The zero-order valence-corrected chi connectivity index (χ0v) is 39.6. The smallest absolute Gasteiger partial charge is 0.356 e. The van der Waals surface area contributed by atoms with Crippen LogP contribution in [0.5, 0.6) is 5.75 Å². The number of amides is 2. The number of carbonyl (C=O) groups excluding carboxylic acids is 3. The number of alkyl halides is 2. The first-order valence-electron chi connectivity index (χ1n) is 20.9. The van der Waals surface area contributed by atoms with Gasteiger partial charge in [-0.3, -0.25) is 14.5 Å². The Bertz CT molecular complexity index is 2850. The van der Waals surface area contributed by atoms with Gasteiger partial charge in [-0.15, -0.1) is 46.0 Å². The molecule has 12 nitrogen and oxygen atoms in total. The number of halogens is 2. The summed E-state index contributed by atoms with van der Waals surface area (Å²) in [5.74, 6) is -0.564. The van der Waals surface area contributed by atoms with Crippen LogP contribution in [-0.4, -0.2) is 69.8 Å². The predicted octanol–water partition coefficient (Wildman–Crippen LogP) is 10.1. The lowest BCUT2D eigenvalue weighted by molar-refractivity contribution is -0.153. The van der Waals surface area contributed by atoms with Crippen LogP contribution in [0.2, 0.25) is 0 Å². The lowest BCUT2D eigenvalue weighted by atomic mass is 9.77. The van der Waals surface area contributed by atoms with Crippen LogP contribution < -0.4 is 15.4 Å². The number of β-lactam (4-membered cyclic amide) rings is 1. The van der Waals surface area contributed by atoms with E-state index in [9.17, 15) is 14.4 Å². The number of hydrogen-bond donors (Lipinski definition) is 2. The van der Waals surface area contributed by atoms with Crippen molar-refractivity contribution in [1.82, 2.24) is 20.2 Å². The summed E-state index contributed by atoms with van der Waals surface area (Å²) in [6.45, 7) is -0.556. The van der Waals surface area contributed by atoms with Gasteiger partial charge in [0.15, 0.2) is 22.2 Å². The molecule has 2 aromatic heterocycles. The molecule has 0 spiro atoms. The molecule has 0 radical (unpaired) electrons. The van der Waals surface area contributed by atoms with Crippen molar-refractivity contribution in [3.05, 3.63) is 183 Å². The van der Waals surface area contributed by atoms with Crippen molar-refractivity contribution in [2.75, 3.05) is 24.8 Å². The van der Waals surface area contributed by atoms with Gasteiger partial charge in [-0.25, -0.2) is 19.2 Å². The lowest BCUT2D eigenvalue weighted by Gasteiger charge is -2.49. The standard InChI is InChI=1S/C49H40ClFN6O6S4/c1-61-35-20-17-30(18-21-35)26-62-46(60)43-40(67-48-54-37-23-31(24-50)19-22-39(37)66-48)29-64-45-42(44(59)57(43)45)55-41(58)25-52-63-27-36(51)38-28-65-47(53-38)56-49(32-11-5-2-6-12-32,33-13-7-3-8-14-33)34-15-9-4-10-16-34/h2-23,25,28,36,42,45H,24,26-27,29H2,1H3,(H,53,56)(H,55,58)/b52-25-/t36?,42-,45+/m1/s1. The van der Waals surface area contributed by atoms with Crippen LogP contribution in [0.15, 0.2) is 159 Å². The fraction of sp³-hybridized carbons (Fsp3) is 0.184. The van der Waals surface area contributed by atoms with Crippen molar-refractivity contribution >= 4 is 97.1 Å². The van der Waals surface area contributed by atoms with Gasteiger partial charge >= 0.3 is 5.97 Å². The molecule has 1 unspecified atom stereocenters. The Kier molecular flexibility index (Phi) is 14.2. The molecule has 2 aliphatic heterocycles. The Morgan fingerprint density at radius 3 is 2.24 bits per heavy atom. The summed E-state index contributed by atoms with van der Waals surface area (Å²) in [5, 5.41) is 11.5. The van der Waals surface area contributed by atoms with E-state index in [1.165, 1.54) is 51.1 Å². The number of aromatic nitrogens is 2. The molecule has 4 heterocycles. The number of hydrogen-bond acceptors (Lipinski definition) is 14. The van der Waals surface area contributed by atoms with E-state index in [4.69, 9.17) is 30.9 Å². The maximum atomic E-state index is 15.6. The third-order valence-electron chi connectivity index (χ3n) is 11.0. The number of thiazole rings is 2. The fourth-order valence-corrected chi connectivity index (χ4v) is 12.3. The molecule has 5 aromatic carbocycles. The minimum Gasteiger partial charge on any atom is -0.497 e. The van der Waals surface area contributed by atoms with Gasteiger partial charge in [0.25, 0.3) is 11.8 Å². The van der Waals surface area contributed by atoms with E-state index in [2.05, 4.69) is 20.8 Å². The largest absolute Gasteiger partial charge is 0.497 e. The number of thioether (sulfide) groups is 2. The van der Waals surface area contributed by atoms with Gasteiger partial charge in [0.1, 0.15) is 41.2 Å². The third kappa shape index (κ3) is 9.92. The highest BCUT2D eigenvalue weighted by atomic mass is 35.5. The monoisotopic (exact) mass is 990 g/mol. The number of carbonyl (C=O) groups is 3. The summed E-state index contributed by atoms with van der Waals surface area (Å²) in [6.07, 6.45) is -0.818. The van der Waals surface area contributed by atoms with Gasteiger partial charge < -0.3 is 24.9 Å². The summed E-state index contributed by atoms with van der Waals surface area (Å²) in [4.78, 5) is 57.3. The Hall–Kier alpha value is -6.24. The van der Waals surface area contributed by atoms with Crippen LogP contribution in [0.3, 0.4) is 0 Å². The summed E-state index contributed by atoms with van der Waals surface area (Å²) in [5.41, 5.74) is 4.75. The second-order valence-electron chi connectivity index (χ2n) is 15.2. The fourth-order valence-electron chi connectivity index (χ4n) is 7.68. The maximum absolute atomic E-state index is 15.6. The number of rotatable bonds is 18. The highest BCUT2D eigenvalue weighted by Crippen LogP contribution is 2.47. The number of benzene rings is 5. The second-order valence-corrected chi connectivity index (χ2v) is 19.8. The van der Waals surface area contributed by atoms with Crippen molar-refractivity contribution in [2.24, 2.45) is 5.16 Å². The summed E-state index contributed by atoms with van der Waals surface area (Å²) < 4.78 is 28.3. The first-order valence-corrected chi connectivity index (χ1v) is 24.9. The van der Waals surface area contributed by atoms with Gasteiger partial charge in [-0.05, 0) is 52.1 Å². The van der Waals surface area contributed by atoms with Crippen molar-refractivity contribution in [3.8, 4) is 5.75 Å². The van der Waals surface area contributed by atoms with Crippen molar-refractivity contribution in [3.63, 3.8) is 0 Å². The van der Waals surface area contributed by atoms with Gasteiger partial charge in [-0.1, -0.05) is 126 Å². The van der Waals surface area contributed by atoms with E-state index in [0.29, 0.717) is 31.8 Å². The van der Waals surface area contributed by atoms with Crippen LogP contribution >= 0.6 is 57.8 Å². The Labute approximate surface area is 406 Å². The van der Waals surface area contributed by atoms with E-state index in [-0.39, 0.29) is 18.0 Å². The van der Waals surface area contributed by atoms with E-state index >= 15 is 4.39 Å². The average Bonchev–Trinajstić information content (AvgIpc) is 4.02.